The number of alkyl halides is 2. The molecule has 2 aromatic carbocycles. The molecule has 0 spiro atoms. The number of ether oxygens (including phenoxy) is 1. The lowest BCUT2D eigenvalue weighted by atomic mass is 10.0. The Morgan fingerprint density at radius 2 is 1.89 bits per heavy atom. The van der Waals surface area contributed by atoms with Gasteiger partial charge >= 0.3 is 6.61 Å². The predicted octanol–water partition coefficient (Wildman–Crippen LogP) is 4.48. The van der Waals surface area contributed by atoms with Crippen molar-refractivity contribution in [1.82, 2.24) is 0 Å². The van der Waals surface area contributed by atoms with Gasteiger partial charge in [-0.25, -0.2) is 0 Å². The molecule has 0 aromatic heterocycles. The second kappa shape index (κ2) is 5.68. The highest BCUT2D eigenvalue weighted by molar-refractivity contribution is 6.33. The Balaban J connectivity index is 2.50. The molecule has 0 aliphatic carbocycles. The SMILES string of the molecule is N#Cc1ccc(-c2ccccc2Cl)cc1OC(F)F. The van der Waals surface area contributed by atoms with Gasteiger partial charge in [0.05, 0.1) is 5.56 Å². The number of hydrogen-bond donors (Lipinski definition) is 0. The third kappa shape index (κ3) is 3.01. The van der Waals surface area contributed by atoms with E-state index in [9.17, 15) is 8.78 Å². The molecule has 0 radical (unpaired) electrons. The Bertz CT molecular complexity index is 638. The summed E-state index contributed by atoms with van der Waals surface area (Å²) < 4.78 is 28.9. The van der Waals surface area contributed by atoms with Gasteiger partial charge in [-0.2, -0.15) is 14.0 Å². The molecule has 0 saturated heterocycles. The summed E-state index contributed by atoms with van der Waals surface area (Å²) in [6, 6.07) is 13.3. The van der Waals surface area contributed by atoms with Crippen molar-refractivity contribution in [3.8, 4) is 22.9 Å². The zero-order chi connectivity index (χ0) is 13.8. The maximum absolute atomic E-state index is 12.3. The summed E-state index contributed by atoms with van der Waals surface area (Å²) in [7, 11) is 0. The van der Waals surface area contributed by atoms with E-state index in [-0.39, 0.29) is 11.3 Å². The molecule has 0 N–H and O–H groups in total. The zero-order valence-electron chi connectivity index (χ0n) is 9.61. The number of rotatable bonds is 3. The number of nitrogens with zero attached hydrogens (tertiary/aromatic N) is 1. The lowest BCUT2D eigenvalue weighted by Gasteiger charge is -2.09. The molecule has 2 aromatic rings. The molecule has 0 amide bonds. The molecule has 0 heterocycles. The second-order valence-electron chi connectivity index (χ2n) is 3.68. The van der Waals surface area contributed by atoms with Crippen LogP contribution < -0.4 is 4.74 Å². The van der Waals surface area contributed by atoms with E-state index >= 15 is 0 Å². The van der Waals surface area contributed by atoms with E-state index in [1.165, 1.54) is 12.1 Å². The van der Waals surface area contributed by atoms with Gasteiger partial charge in [0.25, 0.3) is 0 Å². The first-order chi connectivity index (χ1) is 9.11. The number of benzene rings is 2. The van der Waals surface area contributed by atoms with Crippen molar-refractivity contribution in [2.45, 2.75) is 6.61 Å². The number of halogens is 3. The van der Waals surface area contributed by atoms with Gasteiger partial charge in [-0.3, -0.25) is 0 Å². The van der Waals surface area contributed by atoms with Crippen LogP contribution in [0.4, 0.5) is 8.78 Å². The summed E-state index contributed by atoms with van der Waals surface area (Å²) in [5.74, 6) is -0.157. The van der Waals surface area contributed by atoms with Crippen molar-refractivity contribution < 1.29 is 13.5 Å². The largest absolute Gasteiger partial charge is 0.433 e. The van der Waals surface area contributed by atoms with Gasteiger partial charge in [0.15, 0.2) is 0 Å². The Morgan fingerprint density at radius 1 is 1.16 bits per heavy atom. The lowest BCUT2D eigenvalue weighted by Crippen LogP contribution is -2.03. The van der Waals surface area contributed by atoms with E-state index in [0.717, 1.165) is 0 Å². The average Bonchev–Trinajstić information content (AvgIpc) is 2.38. The molecular formula is C14H8ClF2NO. The van der Waals surface area contributed by atoms with E-state index in [2.05, 4.69) is 4.74 Å². The zero-order valence-corrected chi connectivity index (χ0v) is 10.4. The van der Waals surface area contributed by atoms with E-state index < -0.39 is 6.61 Å². The summed E-state index contributed by atoms with van der Waals surface area (Å²) in [5.41, 5.74) is 1.35. The van der Waals surface area contributed by atoms with E-state index in [1.54, 1.807) is 36.4 Å². The smallest absolute Gasteiger partial charge is 0.387 e. The maximum atomic E-state index is 12.3. The molecule has 0 unspecified atom stereocenters. The minimum atomic E-state index is -2.98. The van der Waals surface area contributed by atoms with Crippen LogP contribution in [-0.4, -0.2) is 6.61 Å². The normalized spacial score (nSPS) is 10.3. The fourth-order valence-electron chi connectivity index (χ4n) is 1.67. The van der Waals surface area contributed by atoms with Crippen molar-refractivity contribution >= 4 is 11.6 Å². The van der Waals surface area contributed by atoms with Gasteiger partial charge in [-0.05, 0) is 23.8 Å². The maximum Gasteiger partial charge on any atom is 0.387 e. The third-order valence-corrected chi connectivity index (χ3v) is 2.83. The van der Waals surface area contributed by atoms with Crippen molar-refractivity contribution in [1.29, 1.82) is 5.26 Å². The molecule has 2 rings (SSSR count). The Morgan fingerprint density at radius 3 is 2.53 bits per heavy atom. The lowest BCUT2D eigenvalue weighted by molar-refractivity contribution is -0.0500. The molecule has 0 atom stereocenters. The second-order valence-corrected chi connectivity index (χ2v) is 4.09. The minimum absolute atomic E-state index is 0.0519. The van der Waals surface area contributed by atoms with Crippen molar-refractivity contribution in [2.75, 3.05) is 0 Å². The number of hydrogen-bond acceptors (Lipinski definition) is 2. The summed E-state index contributed by atoms with van der Waals surface area (Å²) >= 11 is 6.04. The molecule has 5 heteroatoms. The molecule has 0 bridgehead atoms. The van der Waals surface area contributed by atoms with Crippen molar-refractivity contribution in [3.05, 3.63) is 53.1 Å². The van der Waals surface area contributed by atoms with Crippen LogP contribution in [0.25, 0.3) is 11.1 Å². The van der Waals surface area contributed by atoms with Gasteiger partial charge in [-0.15, -0.1) is 0 Å². The summed E-state index contributed by atoms with van der Waals surface area (Å²) in [6.07, 6.45) is 0. The van der Waals surface area contributed by atoms with E-state index in [1.807, 2.05) is 0 Å². The van der Waals surface area contributed by atoms with Crippen LogP contribution in [0.1, 0.15) is 5.56 Å². The molecule has 19 heavy (non-hydrogen) atoms. The first kappa shape index (κ1) is 13.3. The van der Waals surface area contributed by atoms with Crippen molar-refractivity contribution in [3.63, 3.8) is 0 Å². The third-order valence-electron chi connectivity index (χ3n) is 2.50. The van der Waals surface area contributed by atoms with Gasteiger partial charge in [0.1, 0.15) is 11.8 Å². The Kier molecular flexibility index (Phi) is 3.98. The highest BCUT2D eigenvalue weighted by Crippen LogP contribution is 2.32. The Hall–Kier alpha value is -2.12. The summed E-state index contributed by atoms with van der Waals surface area (Å²) in [5, 5.41) is 9.34. The summed E-state index contributed by atoms with van der Waals surface area (Å²) in [4.78, 5) is 0. The molecule has 2 nitrogen and oxygen atoms in total. The molecule has 96 valence electrons. The van der Waals surface area contributed by atoms with Crippen LogP contribution in [-0.2, 0) is 0 Å². The fraction of sp³-hybridized carbons (Fsp3) is 0.0714. The quantitative estimate of drug-likeness (QED) is 0.830. The average molecular weight is 280 g/mol. The van der Waals surface area contributed by atoms with Gasteiger partial charge in [0, 0.05) is 10.6 Å². The topological polar surface area (TPSA) is 33.0 Å². The van der Waals surface area contributed by atoms with Crippen LogP contribution in [0.5, 0.6) is 5.75 Å². The van der Waals surface area contributed by atoms with Crippen LogP contribution in [0.2, 0.25) is 5.02 Å². The van der Waals surface area contributed by atoms with E-state index in [0.29, 0.717) is 16.1 Å². The van der Waals surface area contributed by atoms with Crippen molar-refractivity contribution in [2.24, 2.45) is 0 Å². The van der Waals surface area contributed by atoms with Crippen LogP contribution in [0.15, 0.2) is 42.5 Å². The standard InChI is InChI=1S/C14H8ClF2NO/c15-12-4-2-1-3-11(12)9-5-6-10(8-18)13(7-9)19-14(16)17/h1-7,14H. The van der Waals surface area contributed by atoms with Gasteiger partial charge in [-0.1, -0.05) is 35.9 Å². The fourth-order valence-corrected chi connectivity index (χ4v) is 1.92. The van der Waals surface area contributed by atoms with Crippen LogP contribution in [0, 0.1) is 11.3 Å². The van der Waals surface area contributed by atoms with E-state index in [4.69, 9.17) is 16.9 Å². The minimum Gasteiger partial charge on any atom is -0.433 e. The molecule has 0 saturated carbocycles. The van der Waals surface area contributed by atoms with Crippen LogP contribution >= 0.6 is 11.6 Å². The predicted molar refractivity (Wildman–Crippen MR) is 68.2 cm³/mol. The first-order valence-corrected chi connectivity index (χ1v) is 5.73. The molecule has 0 aliphatic heterocycles. The number of nitriles is 1. The molecule has 0 fully saturated rings. The monoisotopic (exact) mass is 279 g/mol. The highest BCUT2D eigenvalue weighted by Gasteiger charge is 2.12. The summed E-state index contributed by atoms with van der Waals surface area (Å²) in [6.45, 7) is -2.98. The van der Waals surface area contributed by atoms with Gasteiger partial charge in [0.2, 0.25) is 0 Å². The highest BCUT2D eigenvalue weighted by atomic mass is 35.5. The molecular weight excluding hydrogens is 272 g/mol. The molecule has 0 aliphatic rings. The van der Waals surface area contributed by atoms with Crippen LogP contribution in [0.3, 0.4) is 0 Å². The van der Waals surface area contributed by atoms with Gasteiger partial charge < -0.3 is 4.74 Å². The Labute approximate surface area is 113 Å². The first-order valence-electron chi connectivity index (χ1n) is 5.35.